The Kier molecular flexibility index (Phi) is 3.77. The highest BCUT2D eigenvalue weighted by molar-refractivity contribution is 5.11. The largest absolute Gasteiger partial charge is 0.294 e. The summed E-state index contributed by atoms with van der Waals surface area (Å²) in [6, 6.07) is 0.355. The number of rotatable bonds is 3. The Labute approximate surface area is 102 Å². The number of hydrogen-bond acceptors (Lipinski definition) is 2. The van der Waals surface area contributed by atoms with E-state index in [1.54, 1.807) is 12.3 Å². The lowest BCUT2D eigenvalue weighted by Crippen LogP contribution is -2.31. The average molecular weight is 232 g/mol. The van der Waals surface area contributed by atoms with E-state index in [1.807, 2.05) is 11.5 Å². The summed E-state index contributed by atoms with van der Waals surface area (Å²) in [6.45, 7) is 5.61. The van der Waals surface area contributed by atoms with Crippen molar-refractivity contribution in [2.24, 2.45) is 0 Å². The van der Waals surface area contributed by atoms with Gasteiger partial charge in [-0.2, -0.15) is 0 Å². The van der Waals surface area contributed by atoms with Crippen molar-refractivity contribution < 1.29 is 0 Å². The molecule has 0 bridgehead atoms. The summed E-state index contributed by atoms with van der Waals surface area (Å²) in [5, 5.41) is 0. The topological polar surface area (TPSA) is 34.9 Å². The first-order valence-electron chi connectivity index (χ1n) is 6.42. The van der Waals surface area contributed by atoms with Crippen molar-refractivity contribution in [1.29, 1.82) is 0 Å². The zero-order chi connectivity index (χ0) is 12.3. The molecule has 1 aromatic heterocycles. The van der Waals surface area contributed by atoms with Gasteiger partial charge in [0.15, 0.2) is 0 Å². The highest BCUT2D eigenvalue weighted by Crippen LogP contribution is 2.27. The van der Waals surface area contributed by atoms with Gasteiger partial charge in [0, 0.05) is 17.8 Å². The second-order valence-corrected chi connectivity index (χ2v) is 4.79. The van der Waals surface area contributed by atoms with Gasteiger partial charge >= 0.3 is 0 Å². The molecule has 0 N–H and O–H groups in total. The van der Waals surface area contributed by atoms with Crippen LogP contribution in [0.25, 0.3) is 0 Å². The summed E-state index contributed by atoms with van der Waals surface area (Å²) < 4.78 is 1.90. The van der Waals surface area contributed by atoms with Crippen LogP contribution in [0.5, 0.6) is 0 Å². The van der Waals surface area contributed by atoms with E-state index in [4.69, 9.17) is 0 Å². The monoisotopic (exact) mass is 232 g/mol. The SMILES string of the molecule is C=CCc1cnc(C)n(C2CCCCC2)c1=O. The zero-order valence-electron chi connectivity index (χ0n) is 10.5. The second-order valence-electron chi connectivity index (χ2n) is 4.79. The van der Waals surface area contributed by atoms with Gasteiger partial charge in [-0.15, -0.1) is 6.58 Å². The summed E-state index contributed by atoms with van der Waals surface area (Å²) in [5.41, 5.74) is 0.889. The maximum Gasteiger partial charge on any atom is 0.257 e. The predicted octanol–water partition coefficient (Wildman–Crippen LogP) is 2.79. The standard InChI is InChI=1S/C14H20N2O/c1-3-7-12-10-15-11(2)16(14(12)17)13-8-5-4-6-9-13/h3,10,13H,1,4-9H2,2H3. The summed E-state index contributed by atoms with van der Waals surface area (Å²) in [7, 11) is 0. The van der Waals surface area contributed by atoms with Gasteiger partial charge in [0.25, 0.3) is 5.56 Å². The summed E-state index contributed by atoms with van der Waals surface area (Å²) >= 11 is 0. The highest BCUT2D eigenvalue weighted by atomic mass is 16.1. The normalized spacial score (nSPS) is 17.0. The van der Waals surface area contributed by atoms with E-state index in [0.717, 1.165) is 24.2 Å². The molecule has 3 heteroatoms. The molecule has 3 nitrogen and oxygen atoms in total. The first-order valence-corrected chi connectivity index (χ1v) is 6.42. The lowest BCUT2D eigenvalue weighted by Gasteiger charge is -2.25. The van der Waals surface area contributed by atoms with Crippen LogP contribution in [-0.2, 0) is 6.42 Å². The molecule has 0 aromatic carbocycles. The van der Waals surface area contributed by atoms with Crippen molar-refractivity contribution >= 4 is 0 Å². The first-order chi connectivity index (χ1) is 8.24. The van der Waals surface area contributed by atoms with Crippen LogP contribution in [0.2, 0.25) is 0 Å². The lowest BCUT2D eigenvalue weighted by atomic mass is 9.95. The van der Waals surface area contributed by atoms with Crippen LogP contribution in [0.4, 0.5) is 0 Å². The maximum absolute atomic E-state index is 12.4. The molecule has 1 aliphatic carbocycles. The first kappa shape index (κ1) is 12.1. The summed E-state index contributed by atoms with van der Waals surface area (Å²) in [5.74, 6) is 0.842. The Bertz CT molecular complexity index is 456. The van der Waals surface area contributed by atoms with Crippen LogP contribution in [0, 0.1) is 6.92 Å². The van der Waals surface area contributed by atoms with Gasteiger partial charge in [-0.1, -0.05) is 25.3 Å². The molecule has 1 aromatic rings. The molecule has 0 saturated heterocycles. The van der Waals surface area contributed by atoms with Crippen molar-refractivity contribution in [1.82, 2.24) is 9.55 Å². The van der Waals surface area contributed by atoms with E-state index < -0.39 is 0 Å². The van der Waals surface area contributed by atoms with E-state index in [-0.39, 0.29) is 5.56 Å². The number of nitrogens with zero attached hydrogens (tertiary/aromatic N) is 2. The number of aryl methyl sites for hydroxylation is 1. The number of allylic oxidation sites excluding steroid dienone is 1. The molecule has 0 aliphatic heterocycles. The van der Waals surface area contributed by atoms with Crippen molar-refractivity contribution in [3.05, 3.63) is 40.6 Å². The van der Waals surface area contributed by atoms with Gasteiger partial charge in [-0.25, -0.2) is 4.98 Å². The minimum Gasteiger partial charge on any atom is -0.294 e. The third-order valence-corrected chi connectivity index (χ3v) is 3.55. The Morgan fingerprint density at radius 3 is 2.82 bits per heavy atom. The van der Waals surface area contributed by atoms with E-state index >= 15 is 0 Å². The summed E-state index contributed by atoms with van der Waals surface area (Å²) in [4.78, 5) is 16.7. The van der Waals surface area contributed by atoms with Gasteiger partial charge in [0.1, 0.15) is 5.82 Å². The van der Waals surface area contributed by atoms with Gasteiger partial charge in [0.05, 0.1) is 0 Å². The molecule has 92 valence electrons. The van der Waals surface area contributed by atoms with Crippen molar-refractivity contribution in [3.8, 4) is 0 Å². The molecular weight excluding hydrogens is 212 g/mol. The fraction of sp³-hybridized carbons (Fsp3) is 0.571. The molecule has 0 unspecified atom stereocenters. The van der Waals surface area contributed by atoms with Crippen LogP contribution in [-0.4, -0.2) is 9.55 Å². The highest BCUT2D eigenvalue weighted by Gasteiger charge is 2.19. The Morgan fingerprint density at radius 2 is 2.18 bits per heavy atom. The molecule has 2 rings (SSSR count). The number of hydrogen-bond donors (Lipinski definition) is 0. The minimum atomic E-state index is 0.129. The maximum atomic E-state index is 12.4. The van der Waals surface area contributed by atoms with Crippen LogP contribution in [0.15, 0.2) is 23.6 Å². The van der Waals surface area contributed by atoms with E-state index in [1.165, 1.54) is 19.3 Å². The fourth-order valence-corrected chi connectivity index (χ4v) is 2.66. The third-order valence-electron chi connectivity index (χ3n) is 3.55. The van der Waals surface area contributed by atoms with Gasteiger partial charge < -0.3 is 0 Å². The molecule has 17 heavy (non-hydrogen) atoms. The fourth-order valence-electron chi connectivity index (χ4n) is 2.66. The van der Waals surface area contributed by atoms with Gasteiger partial charge in [0.2, 0.25) is 0 Å². The van der Waals surface area contributed by atoms with E-state index in [2.05, 4.69) is 11.6 Å². The molecule has 0 atom stereocenters. The average Bonchev–Trinajstić information content (AvgIpc) is 2.35. The predicted molar refractivity (Wildman–Crippen MR) is 69.3 cm³/mol. The van der Waals surface area contributed by atoms with Gasteiger partial charge in [-0.05, 0) is 26.2 Å². The Hall–Kier alpha value is -1.38. The Balaban J connectivity index is 2.40. The zero-order valence-corrected chi connectivity index (χ0v) is 10.5. The van der Waals surface area contributed by atoms with Crippen LogP contribution >= 0.6 is 0 Å². The molecule has 0 spiro atoms. The molecule has 0 radical (unpaired) electrons. The molecule has 1 heterocycles. The van der Waals surface area contributed by atoms with Crippen molar-refractivity contribution in [2.45, 2.75) is 51.5 Å². The van der Waals surface area contributed by atoms with Crippen LogP contribution < -0.4 is 5.56 Å². The van der Waals surface area contributed by atoms with Gasteiger partial charge in [-0.3, -0.25) is 9.36 Å². The molecule has 1 saturated carbocycles. The molecular formula is C14H20N2O. The molecule has 1 aliphatic rings. The van der Waals surface area contributed by atoms with E-state index in [0.29, 0.717) is 12.5 Å². The summed E-state index contributed by atoms with van der Waals surface area (Å²) in [6.07, 6.45) is 10.0. The smallest absolute Gasteiger partial charge is 0.257 e. The van der Waals surface area contributed by atoms with Crippen LogP contribution in [0.3, 0.4) is 0 Å². The minimum absolute atomic E-state index is 0.129. The quantitative estimate of drug-likeness (QED) is 0.751. The van der Waals surface area contributed by atoms with Crippen molar-refractivity contribution in [3.63, 3.8) is 0 Å². The number of aromatic nitrogens is 2. The molecule has 1 fully saturated rings. The molecule has 0 amide bonds. The Morgan fingerprint density at radius 1 is 1.47 bits per heavy atom. The second kappa shape index (κ2) is 5.30. The third kappa shape index (κ3) is 2.48. The van der Waals surface area contributed by atoms with E-state index in [9.17, 15) is 4.79 Å². The van der Waals surface area contributed by atoms with Crippen LogP contribution in [0.1, 0.15) is 49.5 Å². The lowest BCUT2D eigenvalue weighted by molar-refractivity contribution is 0.337. The van der Waals surface area contributed by atoms with Crippen molar-refractivity contribution in [2.75, 3.05) is 0 Å².